The number of rotatable bonds is 6. The maximum Gasteiger partial charge on any atom is 0.252 e. The molecule has 128 valence electrons. The molecule has 4 N–H and O–H groups in total. The number of H-pyrrole nitrogens is 1. The number of pyridine rings is 1. The van der Waals surface area contributed by atoms with Gasteiger partial charge in [0.15, 0.2) is 0 Å². The van der Waals surface area contributed by atoms with Crippen molar-refractivity contribution in [2.45, 2.75) is 26.2 Å². The van der Waals surface area contributed by atoms with E-state index in [1.165, 1.54) is 0 Å². The Morgan fingerprint density at radius 1 is 1.24 bits per heavy atom. The first kappa shape index (κ1) is 16.7. The standard InChI is InChI=1S/C19H20N4O2/c1-12-4-2-6-14(18(12)24)7-8-15-17(19(20)25)16(23-22-15)10-13-5-3-9-21-11-13/h2-6,9,11,24H,7-8,10H2,1H3,(H2,20,25)(H,22,23). The van der Waals surface area contributed by atoms with E-state index in [0.29, 0.717) is 36.2 Å². The highest BCUT2D eigenvalue weighted by molar-refractivity contribution is 5.95. The number of carbonyl (C=O) groups is 1. The Morgan fingerprint density at radius 3 is 2.80 bits per heavy atom. The third kappa shape index (κ3) is 3.68. The molecule has 0 saturated carbocycles. The van der Waals surface area contributed by atoms with Crippen molar-refractivity contribution in [3.63, 3.8) is 0 Å². The third-order valence-electron chi connectivity index (χ3n) is 4.22. The number of nitrogens with one attached hydrogen (secondary N) is 1. The van der Waals surface area contributed by atoms with Crippen molar-refractivity contribution in [3.05, 3.63) is 76.4 Å². The minimum absolute atomic E-state index is 0.286. The molecule has 1 amide bonds. The molecule has 0 bridgehead atoms. The number of primary amides is 1. The summed E-state index contributed by atoms with van der Waals surface area (Å²) in [6.45, 7) is 1.86. The summed E-state index contributed by atoms with van der Waals surface area (Å²) in [5.41, 5.74) is 9.92. The lowest BCUT2D eigenvalue weighted by molar-refractivity contribution is 0.0998. The molecule has 0 aliphatic heterocycles. The fourth-order valence-corrected chi connectivity index (χ4v) is 2.90. The molecule has 0 unspecified atom stereocenters. The van der Waals surface area contributed by atoms with Gasteiger partial charge in [-0.1, -0.05) is 24.3 Å². The molecular weight excluding hydrogens is 316 g/mol. The fourth-order valence-electron chi connectivity index (χ4n) is 2.90. The smallest absolute Gasteiger partial charge is 0.252 e. The Balaban J connectivity index is 1.82. The largest absolute Gasteiger partial charge is 0.507 e. The highest BCUT2D eigenvalue weighted by Gasteiger charge is 2.18. The molecule has 25 heavy (non-hydrogen) atoms. The number of hydrogen-bond acceptors (Lipinski definition) is 4. The Bertz CT molecular complexity index is 888. The number of nitrogens with two attached hydrogens (primary N) is 1. The number of phenolic OH excluding ortho intramolecular Hbond substituents is 1. The van der Waals surface area contributed by atoms with E-state index in [4.69, 9.17) is 5.73 Å². The van der Waals surface area contributed by atoms with Crippen LogP contribution >= 0.6 is 0 Å². The summed E-state index contributed by atoms with van der Waals surface area (Å²) in [7, 11) is 0. The summed E-state index contributed by atoms with van der Waals surface area (Å²) in [6, 6.07) is 9.40. The number of aromatic hydroxyl groups is 1. The maximum atomic E-state index is 11.9. The molecule has 0 spiro atoms. The number of amides is 1. The number of phenols is 1. The molecule has 3 aromatic rings. The van der Waals surface area contributed by atoms with Gasteiger partial charge in [-0.3, -0.25) is 14.9 Å². The van der Waals surface area contributed by atoms with Gasteiger partial charge in [0.25, 0.3) is 5.91 Å². The maximum absolute atomic E-state index is 11.9. The lowest BCUT2D eigenvalue weighted by Gasteiger charge is -2.07. The van der Waals surface area contributed by atoms with Crippen LogP contribution in [0.25, 0.3) is 0 Å². The molecule has 0 fully saturated rings. The minimum Gasteiger partial charge on any atom is -0.507 e. The van der Waals surface area contributed by atoms with Crippen LogP contribution in [0.5, 0.6) is 5.75 Å². The second-order valence-corrected chi connectivity index (χ2v) is 6.01. The van der Waals surface area contributed by atoms with Crippen LogP contribution in [0, 0.1) is 6.92 Å². The van der Waals surface area contributed by atoms with E-state index in [9.17, 15) is 9.90 Å². The predicted molar refractivity (Wildman–Crippen MR) is 94.4 cm³/mol. The van der Waals surface area contributed by atoms with Crippen molar-refractivity contribution in [1.82, 2.24) is 15.2 Å². The van der Waals surface area contributed by atoms with Crippen molar-refractivity contribution >= 4 is 5.91 Å². The number of nitrogens with zero attached hydrogens (tertiary/aromatic N) is 2. The Labute approximate surface area is 145 Å². The van der Waals surface area contributed by atoms with Crippen molar-refractivity contribution in [1.29, 1.82) is 0 Å². The monoisotopic (exact) mass is 336 g/mol. The topological polar surface area (TPSA) is 105 Å². The highest BCUT2D eigenvalue weighted by Crippen LogP contribution is 2.24. The zero-order chi connectivity index (χ0) is 17.8. The van der Waals surface area contributed by atoms with Crippen LogP contribution in [-0.4, -0.2) is 26.2 Å². The number of benzene rings is 1. The van der Waals surface area contributed by atoms with Gasteiger partial charge in [0, 0.05) is 18.8 Å². The van der Waals surface area contributed by atoms with Crippen LogP contribution in [0.3, 0.4) is 0 Å². The van der Waals surface area contributed by atoms with E-state index in [-0.39, 0.29) is 5.75 Å². The minimum atomic E-state index is -0.504. The first-order chi connectivity index (χ1) is 12.1. The third-order valence-corrected chi connectivity index (χ3v) is 4.22. The summed E-state index contributed by atoms with van der Waals surface area (Å²) in [5, 5.41) is 17.3. The number of carbonyl (C=O) groups excluding carboxylic acids is 1. The van der Waals surface area contributed by atoms with Crippen molar-refractivity contribution < 1.29 is 9.90 Å². The SMILES string of the molecule is Cc1cccc(CCc2n[nH]c(Cc3cccnc3)c2C(N)=O)c1O. The van der Waals surface area contributed by atoms with E-state index < -0.39 is 5.91 Å². The highest BCUT2D eigenvalue weighted by atomic mass is 16.3. The number of aromatic amines is 1. The van der Waals surface area contributed by atoms with Crippen LogP contribution in [0.4, 0.5) is 0 Å². The predicted octanol–water partition coefficient (Wildman–Crippen LogP) is 2.29. The summed E-state index contributed by atoms with van der Waals surface area (Å²) < 4.78 is 0. The summed E-state index contributed by atoms with van der Waals surface area (Å²) in [5.74, 6) is -0.217. The molecule has 0 saturated heterocycles. The van der Waals surface area contributed by atoms with Gasteiger partial charge in [-0.25, -0.2) is 0 Å². The molecule has 6 nitrogen and oxygen atoms in total. The number of aromatic nitrogens is 3. The van der Waals surface area contributed by atoms with Crippen LogP contribution in [0.15, 0.2) is 42.7 Å². The van der Waals surface area contributed by atoms with Gasteiger partial charge in [-0.15, -0.1) is 0 Å². The lowest BCUT2D eigenvalue weighted by Crippen LogP contribution is -2.15. The molecule has 0 aliphatic carbocycles. The molecule has 6 heteroatoms. The van der Waals surface area contributed by atoms with E-state index in [0.717, 1.165) is 16.7 Å². The van der Waals surface area contributed by atoms with Crippen molar-refractivity contribution in [2.24, 2.45) is 5.73 Å². The number of hydrogen-bond donors (Lipinski definition) is 3. The summed E-state index contributed by atoms with van der Waals surface area (Å²) in [6.07, 6.45) is 5.04. The van der Waals surface area contributed by atoms with Crippen LogP contribution < -0.4 is 5.73 Å². The molecule has 3 rings (SSSR count). The van der Waals surface area contributed by atoms with Gasteiger partial charge in [0.05, 0.1) is 17.0 Å². The number of para-hydroxylation sites is 1. The first-order valence-electron chi connectivity index (χ1n) is 8.08. The van der Waals surface area contributed by atoms with Gasteiger partial charge in [0.2, 0.25) is 0 Å². The second kappa shape index (κ2) is 7.17. The number of aryl methyl sites for hydroxylation is 3. The zero-order valence-electron chi connectivity index (χ0n) is 14.0. The molecule has 2 heterocycles. The lowest BCUT2D eigenvalue weighted by atomic mass is 10.0. The molecule has 0 radical (unpaired) electrons. The molecular formula is C19H20N4O2. The fraction of sp³-hybridized carbons (Fsp3) is 0.211. The van der Waals surface area contributed by atoms with Crippen LogP contribution in [-0.2, 0) is 19.3 Å². The van der Waals surface area contributed by atoms with Gasteiger partial charge in [0.1, 0.15) is 5.75 Å². The first-order valence-corrected chi connectivity index (χ1v) is 8.08. The average Bonchev–Trinajstić information content (AvgIpc) is 3.00. The van der Waals surface area contributed by atoms with Crippen LogP contribution in [0.1, 0.15) is 38.4 Å². The van der Waals surface area contributed by atoms with Gasteiger partial charge in [-0.2, -0.15) is 5.10 Å². The molecule has 0 atom stereocenters. The van der Waals surface area contributed by atoms with Crippen molar-refractivity contribution in [2.75, 3.05) is 0 Å². The quantitative estimate of drug-likeness (QED) is 0.642. The molecule has 2 aromatic heterocycles. The zero-order valence-corrected chi connectivity index (χ0v) is 14.0. The Kier molecular flexibility index (Phi) is 4.79. The van der Waals surface area contributed by atoms with Gasteiger partial charge >= 0.3 is 0 Å². The van der Waals surface area contributed by atoms with Gasteiger partial charge in [-0.05, 0) is 42.5 Å². The normalized spacial score (nSPS) is 10.8. The summed E-state index contributed by atoms with van der Waals surface area (Å²) >= 11 is 0. The molecule has 1 aromatic carbocycles. The Morgan fingerprint density at radius 2 is 2.08 bits per heavy atom. The van der Waals surface area contributed by atoms with E-state index in [2.05, 4.69) is 15.2 Å². The Hall–Kier alpha value is -3.15. The van der Waals surface area contributed by atoms with E-state index >= 15 is 0 Å². The van der Waals surface area contributed by atoms with E-state index in [1.807, 2.05) is 37.3 Å². The van der Waals surface area contributed by atoms with Crippen molar-refractivity contribution in [3.8, 4) is 5.75 Å². The average molecular weight is 336 g/mol. The van der Waals surface area contributed by atoms with Crippen LogP contribution in [0.2, 0.25) is 0 Å². The summed E-state index contributed by atoms with van der Waals surface area (Å²) in [4.78, 5) is 16.0. The van der Waals surface area contributed by atoms with E-state index in [1.54, 1.807) is 12.4 Å². The second-order valence-electron chi connectivity index (χ2n) is 6.01. The van der Waals surface area contributed by atoms with Gasteiger partial charge < -0.3 is 10.8 Å². The molecule has 0 aliphatic rings.